The van der Waals surface area contributed by atoms with E-state index in [9.17, 15) is 4.79 Å². The third kappa shape index (κ3) is 2.58. The van der Waals surface area contributed by atoms with Crippen molar-refractivity contribution in [3.05, 3.63) is 23.8 Å². The molecule has 2 heterocycles. The fraction of sp³-hybridized carbons (Fsp3) is 0.562. The molecule has 0 aromatic heterocycles. The van der Waals surface area contributed by atoms with Crippen LogP contribution in [0.2, 0.25) is 0 Å². The minimum Gasteiger partial charge on any atom is -0.397 e. The Balaban J connectivity index is 1.94. The average molecular weight is 288 g/mol. The maximum Gasteiger partial charge on any atom is 0.250 e. The largest absolute Gasteiger partial charge is 0.397 e. The number of nitrogens with two attached hydrogens (primary N) is 2. The van der Waals surface area contributed by atoms with E-state index >= 15 is 0 Å². The molecule has 2 unspecified atom stereocenters. The van der Waals surface area contributed by atoms with Gasteiger partial charge < -0.3 is 16.4 Å². The molecule has 0 spiro atoms. The second kappa shape index (κ2) is 5.56. The van der Waals surface area contributed by atoms with Crippen molar-refractivity contribution in [3.63, 3.8) is 0 Å². The van der Waals surface area contributed by atoms with Crippen molar-refractivity contribution < 1.29 is 4.79 Å². The van der Waals surface area contributed by atoms with Crippen molar-refractivity contribution in [2.45, 2.75) is 38.3 Å². The van der Waals surface area contributed by atoms with Crippen LogP contribution in [0.4, 0.5) is 11.4 Å². The van der Waals surface area contributed by atoms with Crippen molar-refractivity contribution >= 4 is 17.3 Å². The van der Waals surface area contributed by atoms with Gasteiger partial charge in [-0.3, -0.25) is 9.69 Å². The molecule has 5 heteroatoms. The van der Waals surface area contributed by atoms with Gasteiger partial charge in [0.25, 0.3) is 5.91 Å². The smallest absolute Gasteiger partial charge is 0.250 e. The topological polar surface area (TPSA) is 75.6 Å². The van der Waals surface area contributed by atoms with Crippen molar-refractivity contribution in [2.24, 2.45) is 5.73 Å². The molecular weight excluding hydrogens is 264 g/mol. The monoisotopic (exact) mass is 288 g/mol. The Labute approximate surface area is 125 Å². The molecule has 114 valence electrons. The number of anilines is 2. The van der Waals surface area contributed by atoms with E-state index in [1.165, 1.54) is 25.8 Å². The van der Waals surface area contributed by atoms with Gasteiger partial charge in [-0.15, -0.1) is 0 Å². The number of carbonyl (C=O) groups is 1. The Morgan fingerprint density at radius 3 is 2.86 bits per heavy atom. The van der Waals surface area contributed by atoms with Crippen LogP contribution in [0.3, 0.4) is 0 Å². The summed E-state index contributed by atoms with van der Waals surface area (Å²) in [5.74, 6) is -0.407. The molecule has 0 saturated carbocycles. The summed E-state index contributed by atoms with van der Waals surface area (Å²) >= 11 is 0. The molecule has 0 aliphatic carbocycles. The van der Waals surface area contributed by atoms with Crippen molar-refractivity contribution in [1.29, 1.82) is 0 Å². The fourth-order valence-electron chi connectivity index (χ4n) is 3.74. The quantitative estimate of drug-likeness (QED) is 0.807. The van der Waals surface area contributed by atoms with Crippen LogP contribution < -0.4 is 16.4 Å². The number of piperazine rings is 1. The summed E-state index contributed by atoms with van der Waals surface area (Å²) in [6, 6.07) is 6.31. The number of primary amides is 1. The van der Waals surface area contributed by atoms with Crippen LogP contribution in [-0.4, -0.2) is 42.5 Å². The zero-order chi connectivity index (χ0) is 15.0. The van der Waals surface area contributed by atoms with Crippen LogP contribution in [-0.2, 0) is 0 Å². The molecule has 1 aromatic rings. The zero-order valence-electron chi connectivity index (χ0n) is 12.6. The Morgan fingerprint density at radius 2 is 2.10 bits per heavy atom. The van der Waals surface area contributed by atoms with Gasteiger partial charge in [0, 0.05) is 25.2 Å². The highest BCUT2D eigenvalue weighted by Crippen LogP contribution is 2.34. The van der Waals surface area contributed by atoms with Gasteiger partial charge in [-0.05, 0) is 38.4 Å². The van der Waals surface area contributed by atoms with E-state index < -0.39 is 5.91 Å². The van der Waals surface area contributed by atoms with Crippen molar-refractivity contribution in [3.8, 4) is 0 Å². The Hall–Kier alpha value is -1.75. The third-order valence-electron chi connectivity index (χ3n) is 4.81. The van der Waals surface area contributed by atoms with E-state index in [2.05, 4.69) is 16.7 Å². The number of amides is 1. The zero-order valence-corrected chi connectivity index (χ0v) is 12.6. The molecule has 2 aliphatic rings. The first kappa shape index (κ1) is 14.2. The number of nitrogens with zero attached hydrogens (tertiary/aromatic N) is 2. The summed E-state index contributed by atoms with van der Waals surface area (Å²) in [6.07, 6.45) is 3.81. The molecule has 1 aromatic carbocycles. The lowest BCUT2D eigenvalue weighted by Crippen LogP contribution is -2.59. The van der Waals surface area contributed by atoms with E-state index in [0.717, 1.165) is 18.8 Å². The fourth-order valence-corrected chi connectivity index (χ4v) is 3.74. The van der Waals surface area contributed by atoms with E-state index in [1.807, 2.05) is 6.07 Å². The molecule has 2 atom stereocenters. The average Bonchev–Trinajstić information content (AvgIpc) is 2.46. The maximum absolute atomic E-state index is 11.7. The van der Waals surface area contributed by atoms with Gasteiger partial charge in [-0.1, -0.05) is 12.5 Å². The summed E-state index contributed by atoms with van der Waals surface area (Å²) in [5.41, 5.74) is 13.7. The predicted molar refractivity (Wildman–Crippen MR) is 85.4 cm³/mol. The number of rotatable bonds is 2. The molecule has 0 radical (unpaired) electrons. The van der Waals surface area contributed by atoms with Gasteiger partial charge in [-0.25, -0.2) is 0 Å². The highest BCUT2D eigenvalue weighted by atomic mass is 16.1. The molecule has 0 bridgehead atoms. The van der Waals surface area contributed by atoms with Crippen LogP contribution in [0.5, 0.6) is 0 Å². The number of hydrogen-bond acceptors (Lipinski definition) is 4. The van der Waals surface area contributed by atoms with Crippen LogP contribution in [0.25, 0.3) is 0 Å². The number of nitrogen functional groups attached to an aromatic ring is 1. The third-order valence-corrected chi connectivity index (χ3v) is 4.81. The van der Waals surface area contributed by atoms with E-state index in [-0.39, 0.29) is 0 Å². The highest BCUT2D eigenvalue weighted by Gasteiger charge is 2.34. The molecule has 2 fully saturated rings. The van der Waals surface area contributed by atoms with E-state index in [0.29, 0.717) is 23.3 Å². The van der Waals surface area contributed by atoms with E-state index in [4.69, 9.17) is 11.5 Å². The normalized spacial score (nSPS) is 26.4. The lowest BCUT2D eigenvalue weighted by molar-refractivity contribution is 0.0997. The summed E-state index contributed by atoms with van der Waals surface area (Å²) in [4.78, 5) is 16.6. The van der Waals surface area contributed by atoms with Gasteiger partial charge >= 0.3 is 0 Å². The first-order chi connectivity index (χ1) is 10.1. The molecular formula is C16H24N4O. The number of fused-ring (bicyclic) bond motifs is 1. The summed E-state index contributed by atoms with van der Waals surface area (Å²) in [6.45, 7) is 5.34. The minimum atomic E-state index is -0.407. The number of benzene rings is 1. The van der Waals surface area contributed by atoms with Gasteiger partial charge in [0.2, 0.25) is 0 Å². The Kier molecular flexibility index (Phi) is 3.76. The first-order valence-electron chi connectivity index (χ1n) is 7.77. The van der Waals surface area contributed by atoms with Crippen LogP contribution in [0.1, 0.15) is 36.5 Å². The van der Waals surface area contributed by atoms with Crippen molar-refractivity contribution in [1.82, 2.24) is 4.90 Å². The molecule has 2 saturated heterocycles. The lowest BCUT2D eigenvalue weighted by Gasteiger charge is -2.49. The van der Waals surface area contributed by atoms with Gasteiger partial charge in [-0.2, -0.15) is 0 Å². The SMILES string of the molecule is CC1CN2CCCCC2CN1c1c(N)cccc1C(N)=O. The first-order valence-corrected chi connectivity index (χ1v) is 7.77. The molecule has 3 rings (SSSR count). The van der Waals surface area contributed by atoms with Crippen molar-refractivity contribution in [2.75, 3.05) is 30.3 Å². The molecule has 2 aliphatic heterocycles. The highest BCUT2D eigenvalue weighted by molar-refractivity contribution is 6.01. The Morgan fingerprint density at radius 1 is 1.29 bits per heavy atom. The Bertz CT molecular complexity index is 545. The lowest BCUT2D eigenvalue weighted by atomic mass is 9.95. The summed E-state index contributed by atoms with van der Waals surface area (Å²) in [7, 11) is 0. The van der Waals surface area contributed by atoms with Crippen LogP contribution in [0, 0.1) is 0 Å². The van der Waals surface area contributed by atoms with Crippen LogP contribution >= 0.6 is 0 Å². The molecule has 5 nitrogen and oxygen atoms in total. The molecule has 1 amide bonds. The number of para-hydroxylation sites is 1. The van der Waals surface area contributed by atoms with E-state index in [1.54, 1.807) is 12.1 Å². The summed E-state index contributed by atoms with van der Waals surface area (Å²) < 4.78 is 0. The maximum atomic E-state index is 11.7. The minimum absolute atomic E-state index is 0.335. The second-order valence-corrected chi connectivity index (χ2v) is 6.25. The standard InChI is InChI=1S/C16H24N4O/c1-11-9-19-8-3-2-5-12(19)10-20(11)15-13(16(18)21)6-4-7-14(15)17/h4,6-7,11-12H,2-3,5,8-10,17H2,1H3,(H2,18,21). The van der Waals surface area contributed by atoms with Gasteiger partial charge in [0.05, 0.1) is 16.9 Å². The molecule has 21 heavy (non-hydrogen) atoms. The predicted octanol–water partition coefficient (Wildman–Crippen LogP) is 1.43. The molecule has 4 N–H and O–H groups in total. The number of piperidine rings is 1. The number of hydrogen-bond donors (Lipinski definition) is 2. The van der Waals surface area contributed by atoms with Crippen LogP contribution in [0.15, 0.2) is 18.2 Å². The second-order valence-electron chi connectivity index (χ2n) is 6.25. The van der Waals surface area contributed by atoms with Gasteiger partial charge in [0.15, 0.2) is 0 Å². The van der Waals surface area contributed by atoms with Gasteiger partial charge in [0.1, 0.15) is 0 Å². The summed E-state index contributed by atoms with van der Waals surface area (Å²) in [5, 5.41) is 0. The number of carbonyl (C=O) groups excluding carboxylic acids is 1.